The van der Waals surface area contributed by atoms with Gasteiger partial charge in [-0.2, -0.15) is 0 Å². The normalized spacial score (nSPS) is 28.6. The van der Waals surface area contributed by atoms with Gasteiger partial charge in [-0.3, -0.25) is 9.59 Å². The Bertz CT molecular complexity index is 530. The van der Waals surface area contributed by atoms with E-state index in [1.165, 1.54) is 6.92 Å². The maximum atomic E-state index is 12.2. The van der Waals surface area contributed by atoms with E-state index in [4.69, 9.17) is 9.47 Å². The van der Waals surface area contributed by atoms with Gasteiger partial charge in [0.15, 0.2) is 0 Å². The highest BCUT2D eigenvalue weighted by atomic mass is 16.7. The van der Waals surface area contributed by atoms with E-state index in [-0.39, 0.29) is 18.4 Å². The van der Waals surface area contributed by atoms with Crippen molar-refractivity contribution in [3.63, 3.8) is 0 Å². The fourth-order valence-electron chi connectivity index (χ4n) is 3.06. The molecule has 0 aliphatic carbocycles. The molecule has 20 heavy (non-hydrogen) atoms. The fourth-order valence-corrected chi connectivity index (χ4v) is 3.06. The minimum atomic E-state index is -1.07. The van der Waals surface area contributed by atoms with Crippen LogP contribution in [0, 0.1) is 0 Å². The van der Waals surface area contributed by atoms with Crippen LogP contribution in [0.4, 0.5) is 0 Å². The zero-order valence-electron chi connectivity index (χ0n) is 11.4. The van der Waals surface area contributed by atoms with Crippen molar-refractivity contribution >= 4 is 11.9 Å². The van der Waals surface area contributed by atoms with Crippen LogP contribution >= 0.6 is 0 Å². The third-order valence-electron chi connectivity index (χ3n) is 3.85. The van der Waals surface area contributed by atoms with E-state index in [1.807, 2.05) is 30.3 Å². The molecule has 2 saturated heterocycles. The molecule has 1 aromatic rings. The number of amides is 1. The average Bonchev–Trinajstić information content (AvgIpc) is 2.88. The van der Waals surface area contributed by atoms with E-state index < -0.39 is 11.8 Å². The Morgan fingerprint density at radius 2 is 2.20 bits per heavy atom. The molecule has 1 aromatic carbocycles. The smallest absolute Gasteiger partial charge is 0.305 e. The lowest BCUT2D eigenvalue weighted by Gasteiger charge is -2.29. The van der Waals surface area contributed by atoms with Gasteiger partial charge < -0.3 is 14.4 Å². The van der Waals surface area contributed by atoms with Crippen molar-refractivity contribution in [3.8, 4) is 0 Å². The zero-order chi connectivity index (χ0) is 14.2. The van der Waals surface area contributed by atoms with Crippen molar-refractivity contribution in [3.05, 3.63) is 35.9 Å². The second-order valence-electron chi connectivity index (χ2n) is 5.24. The van der Waals surface area contributed by atoms with E-state index in [2.05, 4.69) is 0 Å². The molecule has 0 saturated carbocycles. The summed E-state index contributed by atoms with van der Waals surface area (Å²) in [4.78, 5) is 25.3. The molecule has 5 nitrogen and oxygen atoms in total. The van der Waals surface area contributed by atoms with Crippen molar-refractivity contribution in [2.75, 3.05) is 6.61 Å². The van der Waals surface area contributed by atoms with Crippen LogP contribution in [0.1, 0.15) is 25.3 Å². The van der Waals surface area contributed by atoms with Crippen LogP contribution in [0.15, 0.2) is 30.3 Å². The molecule has 5 heteroatoms. The van der Waals surface area contributed by atoms with E-state index in [1.54, 1.807) is 4.90 Å². The van der Waals surface area contributed by atoms with E-state index in [0.29, 0.717) is 19.6 Å². The Balaban J connectivity index is 1.82. The molecule has 3 rings (SSSR count). The topological polar surface area (TPSA) is 55.8 Å². The molecule has 1 amide bonds. The maximum absolute atomic E-state index is 12.2. The molecular formula is C15H17NO4. The molecule has 2 atom stereocenters. The number of fused-ring (bicyclic) bond motifs is 1. The maximum Gasteiger partial charge on any atom is 0.305 e. The molecule has 0 aromatic heterocycles. The van der Waals surface area contributed by atoms with Crippen LogP contribution in [-0.2, 0) is 25.6 Å². The first-order valence-electron chi connectivity index (χ1n) is 6.78. The minimum Gasteiger partial charge on any atom is -0.430 e. The lowest BCUT2D eigenvalue weighted by Crippen LogP contribution is -2.44. The molecule has 2 aliphatic rings. The lowest BCUT2D eigenvalue weighted by atomic mass is 10.1. The van der Waals surface area contributed by atoms with Gasteiger partial charge in [0.05, 0.1) is 13.0 Å². The number of rotatable bonds is 3. The fraction of sp³-hybridized carbons (Fsp3) is 0.467. The van der Waals surface area contributed by atoms with Gasteiger partial charge in [0.1, 0.15) is 6.04 Å². The number of likely N-dealkylation sites (tertiary alicyclic amines) is 1. The summed E-state index contributed by atoms with van der Waals surface area (Å²) < 4.78 is 10.9. The molecule has 0 N–H and O–H groups in total. The number of carbonyl (C=O) groups excluding carboxylic acids is 2. The second-order valence-corrected chi connectivity index (χ2v) is 5.24. The molecule has 2 heterocycles. The molecule has 2 unspecified atom stereocenters. The van der Waals surface area contributed by atoms with Gasteiger partial charge in [0.2, 0.25) is 11.7 Å². The minimum absolute atomic E-state index is 0.0280. The highest BCUT2D eigenvalue weighted by Crippen LogP contribution is 2.41. The first kappa shape index (κ1) is 13.1. The standard InChI is InChI=1S/C15H17NO4/c1-11(17)20-15-9-14(18)16(13(15)7-8-19-15)10-12-5-3-2-4-6-12/h2-6,13H,7-10H2,1H3. The summed E-state index contributed by atoms with van der Waals surface area (Å²) in [6, 6.07) is 9.61. The van der Waals surface area contributed by atoms with Crippen LogP contribution in [-0.4, -0.2) is 35.2 Å². The lowest BCUT2D eigenvalue weighted by molar-refractivity contribution is -0.214. The Morgan fingerprint density at radius 3 is 2.90 bits per heavy atom. The van der Waals surface area contributed by atoms with Crippen molar-refractivity contribution in [1.29, 1.82) is 0 Å². The van der Waals surface area contributed by atoms with Gasteiger partial charge in [0, 0.05) is 13.5 Å². The Hall–Kier alpha value is -1.88. The number of hydrogen-bond donors (Lipinski definition) is 0. The van der Waals surface area contributed by atoms with Gasteiger partial charge in [0.25, 0.3) is 0 Å². The van der Waals surface area contributed by atoms with Gasteiger partial charge in [-0.05, 0) is 12.0 Å². The number of benzene rings is 1. The van der Waals surface area contributed by atoms with Crippen LogP contribution < -0.4 is 0 Å². The molecule has 2 aliphatic heterocycles. The third kappa shape index (κ3) is 2.18. The van der Waals surface area contributed by atoms with E-state index in [0.717, 1.165) is 5.56 Å². The van der Waals surface area contributed by atoms with Crippen LogP contribution in [0.5, 0.6) is 0 Å². The average molecular weight is 275 g/mol. The van der Waals surface area contributed by atoms with Crippen LogP contribution in [0.25, 0.3) is 0 Å². The van der Waals surface area contributed by atoms with Gasteiger partial charge >= 0.3 is 5.97 Å². The predicted octanol–water partition coefficient (Wildman–Crippen LogP) is 1.47. The molecular weight excluding hydrogens is 258 g/mol. The molecule has 0 bridgehead atoms. The van der Waals surface area contributed by atoms with Crippen LogP contribution in [0.3, 0.4) is 0 Å². The molecule has 106 valence electrons. The van der Waals surface area contributed by atoms with Crippen molar-refractivity contribution in [2.45, 2.75) is 38.1 Å². The molecule has 0 radical (unpaired) electrons. The third-order valence-corrected chi connectivity index (χ3v) is 3.85. The number of hydrogen-bond acceptors (Lipinski definition) is 4. The number of carbonyl (C=O) groups is 2. The Labute approximate surface area is 117 Å². The zero-order valence-corrected chi connectivity index (χ0v) is 11.4. The number of esters is 1. The summed E-state index contributed by atoms with van der Waals surface area (Å²) in [6.07, 6.45) is 0.815. The Kier molecular flexibility index (Phi) is 3.22. The number of ether oxygens (including phenoxy) is 2. The first-order valence-corrected chi connectivity index (χ1v) is 6.78. The number of nitrogens with zero attached hydrogens (tertiary/aromatic N) is 1. The van der Waals surface area contributed by atoms with Gasteiger partial charge in [-0.15, -0.1) is 0 Å². The summed E-state index contributed by atoms with van der Waals surface area (Å²) in [6.45, 7) is 2.38. The summed E-state index contributed by atoms with van der Waals surface area (Å²) in [5.41, 5.74) is 1.06. The van der Waals surface area contributed by atoms with E-state index >= 15 is 0 Å². The highest BCUT2D eigenvalue weighted by molar-refractivity contribution is 5.81. The van der Waals surface area contributed by atoms with Gasteiger partial charge in [-0.25, -0.2) is 0 Å². The van der Waals surface area contributed by atoms with Gasteiger partial charge in [-0.1, -0.05) is 30.3 Å². The summed E-state index contributed by atoms with van der Waals surface area (Å²) in [5, 5.41) is 0. The quantitative estimate of drug-likeness (QED) is 0.784. The summed E-state index contributed by atoms with van der Waals surface area (Å²) in [7, 11) is 0. The van der Waals surface area contributed by atoms with Crippen molar-refractivity contribution < 1.29 is 19.1 Å². The van der Waals surface area contributed by atoms with E-state index in [9.17, 15) is 9.59 Å². The highest BCUT2D eigenvalue weighted by Gasteiger charge is 2.58. The largest absolute Gasteiger partial charge is 0.430 e. The first-order chi connectivity index (χ1) is 9.61. The van der Waals surface area contributed by atoms with Crippen LogP contribution in [0.2, 0.25) is 0 Å². The summed E-state index contributed by atoms with van der Waals surface area (Å²) in [5.74, 6) is -1.51. The SMILES string of the molecule is CC(=O)OC12CC(=O)N(Cc3ccccc3)C1CCO2. The summed E-state index contributed by atoms with van der Waals surface area (Å²) >= 11 is 0. The molecule has 0 spiro atoms. The second kappa shape index (κ2) is 4.90. The monoisotopic (exact) mass is 275 g/mol. The predicted molar refractivity (Wildman–Crippen MR) is 70.5 cm³/mol. The Morgan fingerprint density at radius 1 is 1.45 bits per heavy atom. The molecule has 2 fully saturated rings. The van der Waals surface area contributed by atoms with Crippen molar-refractivity contribution in [2.24, 2.45) is 0 Å². The van der Waals surface area contributed by atoms with Crippen molar-refractivity contribution in [1.82, 2.24) is 4.90 Å².